The Balaban J connectivity index is 1.68. The first-order valence-corrected chi connectivity index (χ1v) is 6.89. The molecule has 1 N–H and O–H groups in total. The lowest BCUT2D eigenvalue weighted by atomic mass is 10.1. The molecule has 2 aromatic rings. The van der Waals surface area contributed by atoms with Crippen LogP contribution in [-0.2, 0) is 12.8 Å². The van der Waals surface area contributed by atoms with E-state index in [1.807, 2.05) is 6.07 Å². The van der Waals surface area contributed by atoms with Gasteiger partial charge in [-0.1, -0.05) is 37.2 Å². The lowest BCUT2D eigenvalue weighted by molar-refractivity contribution is 0.358. The van der Waals surface area contributed by atoms with Crippen molar-refractivity contribution in [1.29, 1.82) is 0 Å². The number of aromatic nitrogens is 2. The second kappa shape index (κ2) is 5.03. The Morgan fingerprint density at radius 1 is 1.37 bits per heavy atom. The number of aryl methyl sites for hydroxylation is 1. The number of hydrogen-bond acceptors (Lipinski definition) is 4. The van der Waals surface area contributed by atoms with E-state index in [1.165, 1.54) is 11.3 Å². The highest BCUT2D eigenvalue weighted by Crippen LogP contribution is 2.33. The van der Waals surface area contributed by atoms with Crippen molar-refractivity contribution in [3.8, 4) is 0 Å². The third-order valence-corrected chi connectivity index (χ3v) is 3.50. The number of para-hydroxylation sites is 1. The van der Waals surface area contributed by atoms with Gasteiger partial charge in [0.15, 0.2) is 5.82 Å². The van der Waals surface area contributed by atoms with Gasteiger partial charge in [0.25, 0.3) is 0 Å². The number of fused-ring (bicyclic) bond motifs is 1. The lowest BCUT2D eigenvalue weighted by Crippen LogP contribution is -2.06. The van der Waals surface area contributed by atoms with Gasteiger partial charge in [-0.2, -0.15) is 4.98 Å². The summed E-state index contributed by atoms with van der Waals surface area (Å²) in [6, 6.07) is 8.45. The summed E-state index contributed by atoms with van der Waals surface area (Å²) in [7, 11) is 0. The molecule has 0 radical (unpaired) electrons. The average molecular weight is 257 g/mol. The molecule has 1 aliphatic heterocycles. The predicted molar refractivity (Wildman–Crippen MR) is 74.0 cm³/mol. The fourth-order valence-corrected chi connectivity index (χ4v) is 2.38. The van der Waals surface area contributed by atoms with Gasteiger partial charge in [0.05, 0.1) is 0 Å². The second-order valence-corrected chi connectivity index (χ2v) is 5.54. The third kappa shape index (κ3) is 2.62. The molecule has 0 amide bonds. The van der Waals surface area contributed by atoms with Gasteiger partial charge < -0.3 is 9.84 Å². The van der Waals surface area contributed by atoms with Crippen molar-refractivity contribution in [3.05, 3.63) is 41.5 Å². The molecule has 0 aliphatic carbocycles. The maximum atomic E-state index is 5.39. The van der Waals surface area contributed by atoms with Crippen LogP contribution in [-0.4, -0.2) is 10.1 Å². The molecule has 1 atom stereocenters. The summed E-state index contributed by atoms with van der Waals surface area (Å²) in [5.74, 6) is 2.19. The van der Waals surface area contributed by atoms with Gasteiger partial charge in [0, 0.05) is 18.5 Å². The summed E-state index contributed by atoms with van der Waals surface area (Å²) in [6.45, 7) is 4.41. The molecular weight excluding hydrogens is 238 g/mol. The highest BCUT2D eigenvalue weighted by Gasteiger charge is 2.26. The Hall–Kier alpha value is -1.84. The summed E-state index contributed by atoms with van der Waals surface area (Å²) >= 11 is 0. The molecule has 0 saturated carbocycles. The van der Waals surface area contributed by atoms with Crippen LogP contribution in [0.3, 0.4) is 0 Å². The van der Waals surface area contributed by atoms with Crippen molar-refractivity contribution in [2.45, 2.75) is 39.2 Å². The molecule has 0 bridgehead atoms. The molecule has 0 spiro atoms. The molecule has 19 heavy (non-hydrogen) atoms. The van der Waals surface area contributed by atoms with E-state index in [0.29, 0.717) is 11.8 Å². The Morgan fingerprint density at radius 3 is 3.00 bits per heavy atom. The summed E-state index contributed by atoms with van der Waals surface area (Å²) in [5, 5.41) is 7.50. The molecular formula is C15H19N3O. The van der Waals surface area contributed by atoms with Crippen LogP contribution in [0, 0.1) is 5.92 Å². The van der Waals surface area contributed by atoms with Crippen molar-refractivity contribution < 1.29 is 4.52 Å². The molecule has 3 rings (SSSR count). The van der Waals surface area contributed by atoms with Gasteiger partial charge >= 0.3 is 0 Å². The lowest BCUT2D eigenvalue weighted by Gasteiger charge is -2.04. The van der Waals surface area contributed by atoms with Gasteiger partial charge in [0.2, 0.25) is 5.89 Å². The van der Waals surface area contributed by atoms with Crippen LogP contribution >= 0.6 is 0 Å². The average Bonchev–Trinajstić information content (AvgIpc) is 3.02. The topological polar surface area (TPSA) is 51.0 Å². The number of nitrogens with zero attached hydrogens (tertiary/aromatic N) is 2. The Bertz CT molecular complexity index is 537. The van der Waals surface area contributed by atoms with Gasteiger partial charge in [-0.3, -0.25) is 0 Å². The van der Waals surface area contributed by atoms with Crippen molar-refractivity contribution >= 4 is 5.69 Å². The maximum absolute atomic E-state index is 5.39. The van der Waals surface area contributed by atoms with Crippen molar-refractivity contribution in [1.82, 2.24) is 10.1 Å². The number of benzene rings is 1. The van der Waals surface area contributed by atoms with E-state index in [9.17, 15) is 0 Å². The first-order chi connectivity index (χ1) is 9.22. The van der Waals surface area contributed by atoms with E-state index in [-0.39, 0.29) is 6.04 Å². The van der Waals surface area contributed by atoms with E-state index in [2.05, 4.69) is 47.5 Å². The van der Waals surface area contributed by atoms with Crippen LogP contribution in [0.25, 0.3) is 0 Å². The number of hydrogen-bond donors (Lipinski definition) is 1. The minimum absolute atomic E-state index is 0.123. The minimum atomic E-state index is 0.123. The predicted octanol–water partition coefficient (Wildman–Crippen LogP) is 3.37. The Kier molecular flexibility index (Phi) is 3.23. The molecule has 4 heteroatoms. The van der Waals surface area contributed by atoms with Crippen LogP contribution in [0.5, 0.6) is 0 Å². The maximum Gasteiger partial charge on any atom is 0.249 e. The molecule has 2 heterocycles. The first-order valence-electron chi connectivity index (χ1n) is 6.89. The quantitative estimate of drug-likeness (QED) is 0.912. The van der Waals surface area contributed by atoms with Crippen molar-refractivity contribution in [2.24, 2.45) is 5.92 Å². The van der Waals surface area contributed by atoms with E-state index >= 15 is 0 Å². The van der Waals surface area contributed by atoms with Crippen LogP contribution in [0.4, 0.5) is 5.69 Å². The van der Waals surface area contributed by atoms with E-state index in [0.717, 1.165) is 25.1 Å². The molecule has 0 saturated heterocycles. The standard InChI is InChI=1S/C15H19N3O/c1-10(2)7-8-14-17-15(19-18-14)13-9-11-5-3-4-6-12(11)16-13/h3-6,10,13,16H,7-9H2,1-2H3/t13-/m0/s1. The highest BCUT2D eigenvalue weighted by molar-refractivity contribution is 5.56. The SMILES string of the molecule is CC(C)CCc1noc([C@@H]2Cc3ccccc3N2)n1. The molecule has 100 valence electrons. The number of rotatable bonds is 4. The van der Waals surface area contributed by atoms with E-state index in [1.54, 1.807) is 0 Å². The zero-order valence-electron chi connectivity index (χ0n) is 11.4. The summed E-state index contributed by atoms with van der Waals surface area (Å²) in [4.78, 5) is 4.51. The molecule has 0 unspecified atom stereocenters. The largest absolute Gasteiger partial charge is 0.373 e. The summed E-state index contributed by atoms with van der Waals surface area (Å²) in [6.07, 6.45) is 2.90. The zero-order chi connectivity index (χ0) is 13.2. The Morgan fingerprint density at radius 2 is 2.21 bits per heavy atom. The van der Waals surface area contributed by atoms with E-state index in [4.69, 9.17) is 4.52 Å². The fourth-order valence-electron chi connectivity index (χ4n) is 2.38. The van der Waals surface area contributed by atoms with Crippen molar-refractivity contribution in [2.75, 3.05) is 5.32 Å². The highest BCUT2D eigenvalue weighted by atomic mass is 16.5. The first kappa shape index (κ1) is 12.2. The van der Waals surface area contributed by atoms with Gasteiger partial charge in [0.1, 0.15) is 6.04 Å². The van der Waals surface area contributed by atoms with Gasteiger partial charge in [-0.25, -0.2) is 0 Å². The minimum Gasteiger partial charge on any atom is -0.373 e. The second-order valence-electron chi connectivity index (χ2n) is 5.54. The van der Waals surface area contributed by atoms with Crippen LogP contribution < -0.4 is 5.32 Å². The zero-order valence-corrected chi connectivity index (χ0v) is 11.4. The van der Waals surface area contributed by atoms with E-state index < -0.39 is 0 Å². The smallest absolute Gasteiger partial charge is 0.249 e. The Labute approximate surface area is 113 Å². The monoisotopic (exact) mass is 257 g/mol. The molecule has 4 nitrogen and oxygen atoms in total. The van der Waals surface area contributed by atoms with Crippen LogP contribution in [0.15, 0.2) is 28.8 Å². The molecule has 0 fully saturated rings. The van der Waals surface area contributed by atoms with Crippen LogP contribution in [0.2, 0.25) is 0 Å². The summed E-state index contributed by atoms with van der Waals surface area (Å²) in [5.41, 5.74) is 2.49. The normalized spacial score (nSPS) is 17.5. The number of nitrogens with one attached hydrogen (secondary N) is 1. The van der Waals surface area contributed by atoms with Gasteiger partial charge in [-0.15, -0.1) is 0 Å². The number of anilines is 1. The van der Waals surface area contributed by atoms with Crippen molar-refractivity contribution in [3.63, 3.8) is 0 Å². The van der Waals surface area contributed by atoms with Gasteiger partial charge in [-0.05, 0) is 24.0 Å². The summed E-state index contributed by atoms with van der Waals surface area (Å²) < 4.78 is 5.39. The van der Waals surface area contributed by atoms with Crippen LogP contribution in [0.1, 0.15) is 43.6 Å². The molecule has 1 aliphatic rings. The molecule has 1 aromatic heterocycles. The third-order valence-electron chi connectivity index (χ3n) is 3.50. The molecule has 1 aromatic carbocycles. The fraction of sp³-hybridized carbons (Fsp3) is 0.467.